The monoisotopic (exact) mass is 230 g/mol. The minimum Gasteiger partial charge on any atom is -0.480 e. The molecule has 0 rings (SSSR count). The number of rotatable bonds is 7. The smallest absolute Gasteiger partial charge is 0.325 e. The van der Waals surface area contributed by atoms with Gasteiger partial charge in [-0.05, 0) is 6.92 Å². The van der Waals surface area contributed by atoms with Gasteiger partial charge in [0.2, 0.25) is 0 Å². The zero-order chi connectivity index (χ0) is 12.6. The second-order valence-corrected chi connectivity index (χ2v) is 3.24. The number of carboxylic acid groups (broad SMARTS) is 1. The summed E-state index contributed by atoms with van der Waals surface area (Å²) in [6, 6.07) is -1.35. The molecule has 0 aromatic rings. The Kier molecular flexibility index (Phi) is 6.95. The van der Waals surface area contributed by atoms with Gasteiger partial charge in [0.05, 0.1) is 6.61 Å². The Morgan fingerprint density at radius 1 is 1.62 bits per heavy atom. The molecule has 2 N–H and O–H groups in total. The van der Waals surface area contributed by atoms with Gasteiger partial charge in [-0.3, -0.25) is 4.79 Å². The number of nitrogens with one attached hydrogen (secondary N) is 1. The van der Waals surface area contributed by atoms with Crippen molar-refractivity contribution in [2.75, 3.05) is 26.8 Å². The molecule has 0 aromatic carbocycles. The van der Waals surface area contributed by atoms with E-state index in [4.69, 9.17) is 9.84 Å². The van der Waals surface area contributed by atoms with Gasteiger partial charge < -0.3 is 20.1 Å². The molecule has 16 heavy (non-hydrogen) atoms. The average molecular weight is 230 g/mol. The zero-order valence-electron chi connectivity index (χ0n) is 9.60. The summed E-state index contributed by atoms with van der Waals surface area (Å²) in [7, 11) is 1.53. The van der Waals surface area contributed by atoms with Crippen LogP contribution in [0, 0.1) is 0 Å². The van der Waals surface area contributed by atoms with Crippen molar-refractivity contribution in [1.29, 1.82) is 0 Å². The van der Waals surface area contributed by atoms with Gasteiger partial charge in [-0.2, -0.15) is 0 Å². The molecule has 0 radical (unpaired) electrons. The maximum absolute atomic E-state index is 11.6. The third kappa shape index (κ3) is 5.35. The summed E-state index contributed by atoms with van der Waals surface area (Å²) in [5.74, 6) is -1.07. The van der Waals surface area contributed by atoms with Crippen molar-refractivity contribution < 1.29 is 19.4 Å². The molecular weight excluding hydrogens is 212 g/mol. The predicted molar refractivity (Wildman–Crippen MR) is 59.3 cm³/mol. The Morgan fingerprint density at radius 3 is 2.69 bits per heavy atom. The average Bonchev–Trinajstić information content (AvgIpc) is 2.23. The van der Waals surface area contributed by atoms with E-state index in [0.29, 0.717) is 19.7 Å². The third-order valence-corrected chi connectivity index (χ3v) is 1.91. The molecule has 0 fully saturated rings. The molecule has 2 amide bonds. The summed E-state index contributed by atoms with van der Waals surface area (Å²) >= 11 is 0. The van der Waals surface area contributed by atoms with Crippen molar-refractivity contribution in [3.63, 3.8) is 0 Å². The molecule has 6 nitrogen and oxygen atoms in total. The van der Waals surface area contributed by atoms with Gasteiger partial charge in [0, 0.05) is 20.2 Å². The Morgan fingerprint density at radius 2 is 2.25 bits per heavy atom. The van der Waals surface area contributed by atoms with Gasteiger partial charge in [0.25, 0.3) is 0 Å². The largest absolute Gasteiger partial charge is 0.480 e. The number of ether oxygens (including phenoxy) is 1. The van der Waals surface area contributed by atoms with Crippen molar-refractivity contribution in [3.05, 3.63) is 12.7 Å². The molecule has 0 aliphatic heterocycles. The van der Waals surface area contributed by atoms with Crippen LogP contribution in [0.5, 0.6) is 0 Å². The highest BCUT2D eigenvalue weighted by atomic mass is 16.5. The first-order valence-corrected chi connectivity index (χ1v) is 4.91. The fourth-order valence-corrected chi connectivity index (χ4v) is 0.971. The van der Waals surface area contributed by atoms with Crippen LogP contribution in [0.25, 0.3) is 0 Å². The van der Waals surface area contributed by atoms with E-state index in [2.05, 4.69) is 11.9 Å². The van der Waals surface area contributed by atoms with Crippen LogP contribution in [0.4, 0.5) is 4.79 Å². The highest BCUT2D eigenvalue weighted by Crippen LogP contribution is 1.93. The van der Waals surface area contributed by atoms with Gasteiger partial charge >= 0.3 is 12.0 Å². The lowest BCUT2D eigenvalue weighted by Gasteiger charge is -2.22. The first-order valence-electron chi connectivity index (χ1n) is 4.91. The fourth-order valence-electron chi connectivity index (χ4n) is 0.971. The molecule has 0 heterocycles. The Balaban J connectivity index is 4.25. The molecule has 0 bridgehead atoms. The molecule has 0 saturated carbocycles. The van der Waals surface area contributed by atoms with Gasteiger partial charge in [-0.15, -0.1) is 6.58 Å². The lowest BCUT2D eigenvalue weighted by atomic mass is 10.3. The van der Waals surface area contributed by atoms with E-state index in [0.717, 1.165) is 0 Å². The summed E-state index contributed by atoms with van der Waals surface area (Å²) in [5, 5.41) is 11.0. The van der Waals surface area contributed by atoms with E-state index in [-0.39, 0.29) is 0 Å². The Bertz CT molecular complexity index is 255. The first-order chi connectivity index (χ1) is 7.52. The fraction of sp³-hybridized carbons (Fsp3) is 0.600. The van der Waals surface area contributed by atoms with E-state index < -0.39 is 18.0 Å². The van der Waals surface area contributed by atoms with Crippen LogP contribution in [0.3, 0.4) is 0 Å². The van der Waals surface area contributed by atoms with Crippen LogP contribution in [-0.2, 0) is 9.53 Å². The van der Waals surface area contributed by atoms with Gasteiger partial charge in [-0.1, -0.05) is 6.08 Å². The molecule has 0 aromatic heterocycles. The van der Waals surface area contributed by atoms with E-state index in [1.165, 1.54) is 18.9 Å². The highest BCUT2D eigenvalue weighted by molar-refractivity contribution is 5.82. The molecule has 1 atom stereocenters. The van der Waals surface area contributed by atoms with Crippen LogP contribution in [0.15, 0.2) is 12.7 Å². The Labute approximate surface area is 94.9 Å². The van der Waals surface area contributed by atoms with Gasteiger partial charge in [0.15, 0.2) is 0 Å². The summed E-state index contributed by atoms with van der Waals surface area (Å²) < 4.78 is 4.85. The summed E-state index contributed by atoms with van der Waals surface area (Å²) in [4.78, 5) is 23.6. The van der Waals surface area contributed by atoms with Crippen LogP contribution < -0.4 is 5.32 Å². The van der Waals surface area contributed by atoms with Crippen LogP contribution in [0.1, 0.15) is 6.92 Å². The lowest BCUT2D eigenvalue weighted by Crippen LogP contribution is -2.47. The number of carbonyl (C=O) groups excluding carboxylic acids is 1. The molecule has 92 valence electrons. The number of nitrogens with zero attached hydrogens (tertiary/aromatic N) is 1. The second kappa shape index (κ2) is 7.70. The van der Waals surface area contributed by atoms with E-state index in [1.807, 2.05) is 0 Å². The van der Waals surface area contributed by atoms with Crippen molar-refractivity contribution in [3.8, 4) is 0 Å². The number of aliphatic carboxylic acids is 1. The third-order valence-electron chi connectivity index (χ3n) is 1.91. The van der Waals surface area contributed by atoms with Crippen LogP contribution >= 0.6 is 0 Å². The summed E-state index contributed by atoms with van der Waals surface area (Å²) in [5.41, 5.74) is 0. The van der Waals surface area contributed by atoms with E-state index in [1.54, 1.807) is 6.08 Å². The molecule has 6 heteroatoms. The maximum Gasteiger partial charge on any atom is 0.325 e. The highest BCUT2D eigenvalue weighted by Gasteiger charge is 2.18. The standard InChI is InChI=1S/C10H18N2O4/c1-4-5-12(6-7-16-3)10(15)11-8(2)9(13)14/h4,8H,1,5-7H2,2-3H3,(H,11,15)(H,13,14). The number of hydrogen-bond acceptors (Lipinski definition) is 3. The topological polar surface area (TPSA) is 78.9 Å². The number of amides is 2. The SMILES string of the molecule is C=CCN(CCOC)C(=O)NC(C)C(=O)O. The maximum atomic E-state index is 11.6. The van der Waals surface area contributed by atoms with E-state index in [9.17, 15) is 9.59 Å². The second-order valence-electron chi connectivity index (χ2n) is 3.24. The molecular formula is C10H18N2O4. The predicted octanol–water partition coefficient (Wildman–Crippen LogP) is 0.303. The number of carboxylic acids is 1. The molecule has 0 aliphatic rings. The molecule has 1 unspecified atom stereocenters. The quantitative estimate of drug-likeness (QED) is 0.617. The van der Waals surface area contributed by atoms with Gasteiger partial charge in [0.1, 0.15) is 6.04 Å². The molecule has 0 spiro atoms. The zero-order valence-corrected chi connectivity index (χ0v) is 9.60. The Hall–Kier alpha value is -1.56. The van der Waals surface area contributed by atoms with Crippen molar-refractivity contribution in [1.82, 2.24) is 10.2 Å². The van der Waals surface area contributed by atoms with Crippen LogP contribution in [0.2, 0.25) is 0 Å². The molecule has 0 saturated heterocycles. The minimum absolute atomic E-state index is 0.349. The number of urea groups is 1. The minimum atomic E-state index is -1.07. The van der Waals surface area contributed by atoms with Gasteiger partial charge in [-0.25, -0.2) is 4.79 Å². The number of carbonyl (C=O) groups is 2. The van der Waals surface area contributed by atoms with E-state index >= 15 is 0 Å². The normalized spacial score (nSPS) is 11.6. The van der Waals surface area contributed by atoms with Crippen molar-refractivity contribution in [2.24, 2.45) is 0 Å². The number of hydrogen-bond donors (Lipinski definition) is 2. The summed E-state index contributed by atoms with van der Waals surface area (Å²) in [6.07, 6.45) is 1.57. The number of methoxy groups -OCH3 is 1. The molecule has 0 aliphatic carbocycles. The lowest BCUT2D eigenvalue weighted by molar-refractivity contribution is -0.138. The van der Waals surface area contributed by atoms with Crippen molar-refractivity contribution >= 4 is 12.0 Å². The van der Waals surface area contributed by atoms with Crippen LogP contribution in [-0.4, -0.2) is 54.9 Å². The first kappa shape index (κ1) is 14.4. The summed E-state index contributed by atoms with van der Waals surface area (Å²) in [6.45, 7) is 6.06. The van der Waals surface area contributed by atoms with Crippen molar-refractivity contribution in [2.45, 2.75) is 13.0 Å².